The van der Waals surface area contributed by atoms with Crippen molar-refractivity contribution in [3.63, 3.8) is 0 Å². The molecule has 2 aliphatic heterocycles. The van der Waals surface area contributed by atoms with Crippen LogP contribution in [0.5, 0.6) is 28.7 Å². The molecule has 0 radical (unpaired) electrons. The first kappa shape index (κ1) is 27.6. The molecule has 4 aromatic carbocycles. The number of methoxy groups -OCH3 is 2. The number of hydrogen-bond acceptors (Lipinski definition) is 8. The Labute approximate surface area is 253 Å². The summed E-state index contributed by atoms with van der Waals surface area (Å²) in [6, 6.07) is 22.5. The summed E-state index contributed by atoms with van der Waals surface area (Å²) in [6.45, 7) is 1.18. The Morgan fingerprint density at radius 3 is 2.57 bits per heavy atom. The first-order chi connectivity index (χ1) is 21.5. The van der Waals surface area contributed by atoms with Gasteiger partial charge in [-0.15, -0.1) is 0 Å². The molecule has 222 valence electrons. The normalized spacial score (nSPS) is 15.2. The van der Waals surface area contributed by atoms with E-state index in [-0.39, 0.29) is 17.8 Å². The van der Waals surface area contributed by atoms with E-state index in [0.29, 0.717) is 57.3 Å². The number of carbonyl (C=O) groups is 1. The van der Waals surface area contributed by atoms with E-state index in [1.54, 1.807) is 44.6 Å². The molecule has 5 aromatic rings. The lowest BCUT2D eigenvalue weighted by Crippen LogP contribution is -2.22. The van der Waals surface area contributed by atoms with E-state index in [9.17, 15) is 9.59 Å². The van der Waals surface area contributed by atoms with Crippen LogP contribution in [0.15, 0.2) is 88.3 Å². The molecule has 7 rings (SSSR count). The van der Waals surface area contributed by atoms with Gasteiger partial charge in [0.1, 0.15) is 29.1 Å². The van der Waals surface area contributed by atoms with Crippen LogP contribution < -0.4 is 29.1 Å². The molecule has 0 aliphatic carbocycles. The van der Waals surface area contributed by atoms with Gasteiger partial charge in [0.2, 0.25) is 5.43 Å². The molecule has 0 fully saturated rings. The van der Waals surface area contributed by atoms with Crippen molar-refractivity contribution >= 4 is 16.9 Å². The van der Waals surface area contributed by atoms with Crippen LogP contribution in [-0.2, 0) is 17.6 Å². The summed E-state index contributed by atoms with van der Waals surface area (Å²) in [5.74, 6) is 2.27. The van der Waals surface area contributed by atoms with Crippen molar-refractivity contribution in [3.05, 3.63) is 112 Å². The Kier molecular flexibility index (Phi) is 7.18. The van der Waals surface area contributed by atoms with Gasteiger partial charge in [0.25, 0.3) is 0 Å². The van der Waals surface area contributed by atoms with Crippen LogP contribution >= 0.6 is 0 Å². The van der Waals surface area contributed by atoms with Gasteiger partial charge in [0.05, 0.1) is 44.8 Å². The second-order valence-corrected chi connectivity index (χ2v) is 10.8. The third kappa shape index (κ3) is 4.92. The molecule has 0 saturated carbocycles. The van der Waals surface area contributed by atoms with Gasteiger partial charge < -0.3 is 28.1 Å². The fourth-order valence-corrected chi connectivity index (χ4v) is 6.10. The van der Waals surface area contributed by atoms with Crippen molar-refractivity contribution in [1.29, 1.82) is 0 Å². The number of fused-ring (bicyclic) bond motifs is 4. The monoisotopic (exact) mass is 590 g/mol. The summed E-state index contributed by atoms with van der Waals surface area (Å²) in [6.07, 6.45) is 3.17. The molecule has 0 saturated heterocycles. The maximum atomic E-state index is 13.8. The quantitative estimate of drug-likeness (QED) is 0.150. The average molecular weight is 591 g/mol. The Morgan fingerprint density at radius 1 is 0.864 bits per heavy atom. The fourth-order valence-electron chi connectivity index (χ4n) is 6.10. The van der Waals surface area contributed by atoms with Crippen LogP contribution in [0.2, 0.25) is 0 Å². The number of benzene rings is 4. The highest BCUT2D eigenvalue weighted by atomic mass is 16.5. The molecule has 1 atom stereocenters. The molecular formula is C36H30O8. The van der Waals surface area contributed by atoms with Gasteiger partial charge in [-0.3, -0.25) is 9.59 Å². The van der Waals surface area contributed by atoms with Crippen LogP contribution in [0.3, 0.4) is 0 Å². The van der Waals surface area contributed by atoms with Crippen molar-refractivity contribution in [2.75, 3.05) is 27.4 Å². The Balaban J connectivity index is 1.24. The zero-order valence-corrected chi connectivity index (χ0v) is 24.4. The Bertz CT molecular complexity index is 1960. The molecule has 8 heteroatoms. The summed E-state index contributed by atoms with van der Waals surface area (Å²) >= 11 is 0. The second kappa shape index (κ2) is 11.4. The molecule has 0 spiro atoms. The average Bonchev–Trinajstić information content (AvgIpc) is 3.52. The number of rotatable bonds is 8. The lowest BCUT2D eigenvalue weighted by molar-refractivity contribution is -0.135. The minimum Gasteiger partial charge on any atom is -0.493 e. The Morgan fingerprint density at radius 2 is 1.70 bits per heavy atom. The molecule has 44 heavy (non-hydrogen) atoms. The van der Waals surface area contributed by atoms with Crippen molar-refractivity contribution in [3.8, 4) is 39.9 Å². The van der Waals surface area contributed by atoms with E-state index < -0.39 is 5.92 Å². The predicted octanol–water partition coefficient (Wildman–Crippen LogP) is 6.47. The van der Waals surface area contributed by atoms with Gasteiger partial charge in [-0.05, 0) is 53.1 Å². The first-order valence-electron chi connectivity index (χ1n) is 14.5. The van der Waals surface area contributed by atoms with Crippen molar-refractivity contribution < 1.29 is 32.9 Å². The zero-order valence-electron chi connectivity index (χ0n) is 24.4. The smallest absolute Gasteiger partial charge is 0.312 e. The summed E-state index contributed by atoms with van der Waals surface area (Å²) in [4.78, 5) is 26.6. The highest BCUT2D eigenvalue weighted by Crippen LogP contribution is 2.45. The molecule has 8 nitrogen and oxygen atoms in total. The van der Waals surface area contributed by atoms with Crippen molar-refractivity contribution in [1.82, 2.24) is 0 Å². The standard InChI is InChI=1S/C36H30O8/c1-39-30-11-8-22(18-32(30)40-2)27-20-43-36-25(35(27)38)9-12-31-34(36)26(19-33(37)44-31)24-5-3-4-6-29(24)42-15-13-21-7-10-28-23(17-21)14-16-41-28/h3-12,17-18,20,26H,13-16,19H2,1-2H3/t26-/m1/s1. The van der Waals surface area contributed by atoms with Gasteiger partial charge >= 0.3 is 5.97 Å². The van der Waals surface area contributed by atoms with E-state index in [1.807, 2.05) is 30.3 Å². The molecule has 0 N–H and O–H groups in total. The molecule has 0 unspecified atom stereocenters. The van der Waals surface area contributed by atoms with E-state index in [2.05, 4.69) is 12.1 Å². The number of esters is 1. The predicted molar refractivity (Wildman–Crippen MR) is 164 cm³/mol. The highest BCUT2D eigenvalue weighted by molar-refractivity contribution is 5.90. The van der Waals surface area contributed by atoms with Crippen LogP contribution in [0.1, 0.15) is 34.6 Å². The maximum Gasteiger partial charge on any atom is 0.312 e. The SMILES string of the molecule is COc1ccc(-c2coc3c4c(ccc3c2=O)OC(=O)C[C@@H]4c2ccccc2OCCc2ccc3c(c2)CCO3)cc1OC. The summed E-state index contributed by atoms with van der Waals surface area (Å²) in [5.41, 5.74) is 5.06. The van der Waals surface area contributed by atoms with Crippen LogP contribution in [0.4, 0.5) is 0 Å². The van der Waals surface area contributed by atoms with Crippen LogP contribution in [0.25, 0.3) is 22.1 Å². The van der Waals surface area contributed by atoms with Crippen molar-refractivity contribution in [2.24, 2.45) is 0 Å². The number of ether oxygens (including phenoxy) is 5. The zero-order chi connectivity index (χ0) is 30.2. The number of para-hydroxylation sites is 1. The van der Waals surface area contributed by atoms with Crippen LogP contribution in [-0.4, -0.2) is 33.4 Å². The molecule has 0 amide bonds. The summed E-state index contributed by atoms with van der Waals surface area (Å²) < 4.78 is 34.5. The second-order valence-electron chi connectivity index (χ2n) is 10.8. The topological polar surface area (TPSA) is 93.4 Å². The Hall–Kier alpha value is -5.24. The highest BCUT2D eigenvalue weighted by Gasteiger charge is 2.34. The van der Waals surface area contributed by atoms with E-state index in [1.165, 1.54) is 17.4 Å². The lowest BCUT2D eigenvalue weighted by atomic mass is 9.84. The minimum absolute atomic E-state index is 0.0818. The minimum atomic E-state index is -0.432. The number of hydrogen-bond donors (Lipinski definition) is 0. The summed E-state index contributed by atoms with van der Waals surface area (Å²) in [7, 11) is 3.10. The third-order valence-corrected chi connectivity index (χ3v) is 8.27. The van der Waals surface area contributed by atoms with Crippen molar-refractivity contribution in [2.45, 2.75) is 25.2 Å². The molecule has 1 aromatic heterocycles. The van der Waals surface area contributed by atoms with E-state index in [0.717, 1.165) is 30.8 Å². The van der Waals surface area contributed by atoms with Gasteiger partial charge in [-0.2, -0.15) is 0 Å². The van der Waals surface area contributed by atoms with E-state index in [4.69, 9.17) is 28.1 Å². The van der Waals surface area contributed by atoms with Gasteiger partial charge in [0, 0.05) is 29.9 Å². The summed E-state index contributed by atoms with van der Waals surface area (Å²) in [5, 5.41) is 0.387. The lowest BCUT2D eigenvalue weighted by Gasteiger charge is -2.27. The maximum absolute atomic E-state index is 13.8. The largest absolute Gasteiger partial charge is 0.493 e. The van der Waals surface area contributed by atoms with Gasteiger partial charge in [-0.1, -0.05) is 36.4 Å². The molecule has 2 aliphatic rings. The number of carbonyl (C=O) groups excluding carboxylic acids is 1. The van der Waals surface area contributed by atoms with Crippen LogP contribution in [0, 0.1) is 0 Å². The molecule has 3 heterocycles. The first-order valence-corrected chi connectivity index (χ1v) is 14.5. The van der Waals surface area contributed by atoms with Gasteiger partial charge in [0.15, 0.2) is 11.5 Å². The molecule has 0 bridgehead atoms. The fraction of sp³-hybridized carbons (Fsp3) is 0.222. The molecular weight excluding hydrogens is 560 g/mol. The van der Waals surface area contributed by atoms with Gasteiger partial charge in [-0.25, -0.2) is 0 Å². The third-order valence-electron chi connectivity index (χ3n) is 8.27. The van der Waals surface area contributed by atoms with E-state index >= 15 is 0 Å².